The summed E-state index contributed by atoms with van der Waals surface area (Å²) in [6, 6.07) is 1.09. The molecule has 0 aliphatic rings. The molecule has 1 amide bonds. The molecule has 0 unspecified atom stereocenters. The number of nitrogens with one attached hydrogen (secondary N) is 3. The van der Waals surface area contributed by atoms with Gasteiger partial charge >= 0.3 is 6.09 Å². The Morgan fingerprint density at radius 1 is 0.909 bits per heavy atom. The van der Waals surface area contributed by atoms with E-state index in [0.717, 1.165) is 38.8 Å². The molecule has 0 spiro atoms. The molecule has 0 fully saturated rings. The van der Waals surface area contributed by atoms with Crippen molar-refractivity contribution in [3.05, 3.63) is 0 Å². The van der Waals surface area contributed by atoms with Gasteiger partial charge in [0.2, 0.25) is 0 Å². The van der Waals surface area contributed by atoms with E-state index in [4.69, 9.17) is 4.74 Å². The SMILES string of the molecule is CCC(CC)NCCOC(=O)NCCCCCCNC(C)C. The zero-order valence-electron chi connectivity index (χ0n) is 15.0. The maximum Gasteiger partial charge on any atom is 0.407 e. The highest BCUT2D eigenvalue weighted by Crippen LogP contribution is 1.98. The van der Waals surface area contributed by atoms with E-state index in [1.54, 1.807) is 0 Å². The van der Waals surface area contributed by atoms with Gasteiger partial charge in [0.05, 0.1) is 0 Å². The number of amides is 1. The summed E-state index contributed by atoms with van der Waals surface area (Å²) in [4.78, 5) is 11.5. The molecule has 3 N–H and O–H groups in total. The summed E-state index contributed by atoms with van der Waals surface area (Å²) in [5, 5.41) is 9.57. The number of ether oxygens (including phenoxy) is 1. The molecule has 5 heteroatoms. The van der Waals surface area contributed by atoms with E-state index < -0.39 is 0 Å². The van der Waals surface area contributed by atoms with E-state index in [0.29, 0.717) is 25.2 Å². The van der Waals surface area contributed by atoms with E-state index in [1.807, 2.05) is 0 Å². The van der Waals surface area contributed by atoms with Crippen molar-refractivity contribution in [3.8, 4) is 0 Å². The van der Waals surface area contributed by atoms with Crippen LogP contribution >= 0.6 is 0 Å². The molecule has 0 aromatic heterocycles. The molecule has 0 aromatic carbocycles. The topological polar surface area (TPSA) is 62.4 Å². The second kappa shape index (κ2) is 15.1. The number of carbonyl (C=O) groups excluding carboxylic acids is 1. The zero-order valence-corrected chi connectivity index (χ0v) is 15.0. The third-order valence-corrected chi connectivity index (χ3v) is 3.68. The number of hydrogen-bond donors (Lipinski definition) is 3. The summed E-state index contributed by atoms with van der Waals surface area (Å²) in [5.41, 5.74) is 0. The van der Waals surface area contributed by atoms with E-state index in [-0.39, 0.29) is 6.09 Å². The lowest BCUT2D eigenvalue weighted by Crippen LogP contribution is -2.33. The molecule has 0 aliphatic carbocycles. The lowest BCUT2D eigenvalue weighted by atomic mass is 10.2. The monoisotopic (exact) mass is 315 g/mol. The highest BCUT2D eigenvalue weighted by atomic mass is 16.5. The lowest BCUT2D eigenvalue weighted by molar-refractivity contribution is 0.145. The number of carbonyl (C=O) groups is 1. The Morgan fingerprint density at radius 2 is 1.55 bits per heavy atom. The number of rotatable bonds is 14. The van der Waals surface area contributed by atoms with Gasteiger partial charge in [0.1, 0.15) is 6.61 Å². The van der Waals surface area contributed by atoms with Crippen molar-refractivity contribution in [2.24, 2.45) is 0 Å². The molecule has 0 bridgehead atoms. The minimum atomic E-state index is -0.298. The fourth-order valence-electron chi connectivity index (χ4n) is 2.22. The smallest absolute Gasteiger partial charge is 0.407 e. The molecular weight excluding hydrogens is 278 g/mol. The maximum atomic E-state index is 11.5. The molecule has 0 rings (SSSR count). The van der Waals surface area contributed by atoms with Crippen molar-refractivity contribution in [1.82, 2.24) is 16.0 Å². The third-order valence-electron chi connectivity index (χ3n) is 3.68. The summed E-state index contributed by atoms with van der Waals surface area (Å²) >= 11 is 0. The quantitative estimate of drug-likeness (QED) is 0.431. The van der Waals surface area contributed by atoms with E-state index in [2.05, 4.69) is 43.6 Å². The van der Waals surface area contributed by atoms with Crippen LogP contribution in [0.15, 0.2) is 0 Å². The molecule has 5 nitrogen and oxygen atoms in total. The van der Waals surface area contributed by atoms with Crippen molar-refractivity contribution in [3.63, 3.8) is 0 Å². The second-order valence-electron chi connectivity index (χ2n) is 6.05. The van der Waals surface area contributed by atoms with Crippen molar-refractivity contribution >= 4 is 6.09 Å². The fourth-order valence-corrected chi connectivity index (χ4v) is 2.22. The number of alkyl carbamates (subject to hydrolysis) is 1. The minimum Gasteiger partial charge on any atom is -0.448 e. The van der Waals surface area contributed by atoms with Crippen molar-refractivity contribution < 1.29 is 9.53 Å². The first kappa shape index (κ1) is 21.2. The Kier molecular flexibility index (Phi) is 14.5. The Hall–Kier alpha value is -0.810. The largest absolute Gasteiger partial charge is 0.448 e. The van der Waals surface area contributed by atoms with Gasteiger partial charge in [0, 0.05) is 25.2 Å². The Balaban J connectivity index is 3.29. The first-order valence-electron chi connectivity index (χ1n) is 8.97. The number of unbranched alkanes of at least 4 members (excludes halogenated alkanes) is 3. The zero-order chi connectivity index (χ0) is 16.6. The van der Waals surface area contributed by atoms with Gasteiger partial charge in [-0.25, -0.2) is 4.79 Å². The van der Waals surface area contributed by atoms with Gasteiger partial charge in [-0.15, -0.1) is 0 Å². The predicted octanol–water partition coefficient (Wildman–Crippen LogP) is 3.05. The van der Waals surface area contributed by atoms with E-state index in [9.17, 15) is 4.79 Å². The van der Waals surface area contributed by atoms with Gasteiger partial charge in [0.25, 0.3) is 0 Å². The highest BCUT2D eigenvalue weighted by molar-refractivity contribution is 5.66. The van der Waals surface area contributed by atoms with Crippen LogP contribution < -0.4 is 16.0 Å². The van der Waals surface area contributed by atoms with Crippen LogP contribution in [-0.2, 0) is 4.74 Å². The molecule has 0 atom stereocenters. The van der Waals surface area contributed by atoms with Crippen LogP contribution in [0.4, 0.5) is 4.79 Å². The Bertz CT molecular complexity index is 256. The van der Waals surface area contributed by atoms with Gasteiger partial charge in [-0.3, -0.25) is 0 Å². The summed E-state index contributed by atoms with van der Waals surface area (Å²) in [6.07, 6.45) is 6.48. The average Bonchev–Trinajstić information content (AvgIpc) is 2.49. The molecule has 132 valence electrons. The lowest BCUT2D eigenvalue weighted by Gasteiger charge is -2.14. The standard InChI is InChI=1S/C17H37N3O2/c1-5-16(6-2)19-13-14-22-17(21)20-12-10-8-7-9-11-18-15(3)4/h15-16,18-19H,5-14H2,1-4H3,(H,20,21). The van der Waals surface area contributed by atoms with Crippen LogP contribution in [-0.4, -0.2) is 44.4 Å². The first-order valence-corrected chi connectivity index (χ1v) is 8.97. The van der Waals surface area contributed by atoms with Crippen LogP contribution in [0.5, 0.6) is 0 Å². The number of hydrogen-bond acceptors (Lipinski definition) is 4. The molecule has 0 radical (unpaired) electrons. The summed E-state index contributed by atoms with van der Waals surface area (Å²) in [7, 11) is 0. The van der Waals surface area contributed by atoms with Crippen LogP contribution in [0.2, 0.25) is 0 Å². The van der Waals surface area contributed by atoms with Crippen molar-refractivity contribution in [2.45, 2.75) is 78.3 Å². The van der Waals surface area contributed by atoms with Crippen molar-refractivity contribution in [2.75, 3.05) is 26.2 Å². The van der Waals surface area contributed by atoms with E-state index >= 15 is 0 Å². The Labute approximate surface area is 137 Å². The van der Waals surface area contributed by atoms with Crippen LogP contribution in [0.1, 0.15) is 66.2 Å². The molecule has 0 saturated heterocycles. The maximum absolute atomic E-state index is 11.5. The van der Waals surface area contributed by atoms with Gasteiger partial charge in [-0.2, -0.15) is 0 Å². The molecule has 0 aliphatic heterocycles. The van der Waals surface area contributed by atoms with Gasteiger partial charge in [0.15, 0.2) is 0 Å². The van der Waals surface area contributed by atoms with Crippen LogP contribution in [0, 0.1) is 0 Å². The molecular formula is C17H37N3O2. The van der Waals surface area contributed by atoms with Gasteiger partial charge < -0.3 is 20.7 Å². The fraction of sp³-hybridized carbons (Fsp3) is 0.941. The molecule has 0 aromatic rings. The normalized spacial score (nSPS) is 11.2. The Morgan fingerprint density at radius 3 is 2.14 bits per heavy atom. The summed E-state index contributed by atoms with van der Waals surface area (Å²) in [5.74, 6) is 0. The predicted molar refractivity (Wildman–Crippen MR) is 93.3 cm³/mol. The van der Waals surface area contributed by atoms with Gasteiger partial charge in [-0.05, 0) is 32.2 Å². The highest BCUT2D eigenvalue weighted by Gasteiger charge is 2.03. The average molecular weight is 316 g/mol. The summed E-state index contributed by atoms with van der Waals surface area (Å²) in [6.45, 7) is 11.6. The van der Waals surface area contributed by atoms with Gasteiger partial charge in [-0.1, -0.05) is 40.5 Å². The molecule has 22 heavy (non-hydrogen) atoms. The van der Waals surface area contributed by atoms with Crippen LogP contribution in [0.3, 0.4) is 0 Å². The van der Waals surface area contributed by atoms with Crippen LogP contribution in [0.25, 0.3) is 0 Å². The van der Waals surface area contributed by atoms with E-state index in [1.165, 1.54) is 12.8 Å². The first-order chi connectivity index (χ1) is 10.6. The second-order valence-corrected chi connectivity index (χ2v) is 6.05. The van der Waals surface area contributed by atoms with Crippen molar-refractivity contribution in [1.29, 1.82) is 0 Å². The minimum absolute atomic E-state index is 0.298. The molecule has 0 saturated carbocycles. The summed E-state index contributed by atoms with van der Waals surface area (Å²) < 4.78 is 5.13. The molecule has 0 heterocycles. The third kappa shape index (κ3) is 14.1.